The number of ether oxygens (including phenoxy) is 7. The number of carbonyl (C=O) groups is 4. The second-order valence-corrected chi connectivity index (χ2v) is 9.37. The molecule has 0 aromatic heterocycles. The van der Waals surface area contributed by atoms with Crippen LogP contribution < -0.4 is 0 Å². The first-order chi connectivity index (χ1) is 16.3. The number of esters is 4. The molecule has 2 aliphatic rings. The van der Waals surface area contributed by atoms with Crippen LogP contribution in [0.15, 0.2) is 0 Å². The van der Waals surface area contributed by atoms with Gasteiger partial charge in [0.15, 0.2) is 18.3 Å². The Hall–Kier alpha value is -1.08. The van der Waals surface area contributed by atoms with Gasteiger partial charge in [-0.25, -0.2) is 0 Å². The second-order valence-electron chi connectivity index (χ2n) is 7.79. The molecular weight excluding hydrogens is 558 g/mol. The van der Waals surface area contributed by atoms with Crippen molar-refractivity contribution in [3.63, 3.8) is 0 Å². The van der Waals surface area contributed by atoms with E-state index in [-0.39, 0.29) is 12.5 Å². The second kappa shape index (κ2) is 12.9. The summed E-state index contributed by atoms with van der Waals surface area (Å²) >= 11 is 25.0. The first-order valence-corrected chi connectivity index (χ1v) is 12.4. The zero-order valence-corrected chi connectivity index (χ0v) is 22.3. The Morgan fingerprint density at radius 3 is 1.86 bits per heavy atom. The van der Waals surface area contributed by atoms with Crippen molar-refractivity contribution in [1.82, 2.24) is 0 Å². The summed E-state index contributed by atoms with van der Waals surface area (Å²) in [5.41, 5.74) is 0. The zero-order chi connectivity index (χ0) is 26.5. The fourth-order valence-corrected chi connectivity index (χ4v) is 4.98. The molecule has 2 rings (SSSR count). The standard InChI is InChI=1S/C20H26Cl4O11/c1-8(25)29-6-13-14(23)16(30-9(2)26)17(31-10(3)27)19(33-13)35-20(7-22)18(32-11(4)28)15(24)12(5-21)34-20/h12-19H,5-7H2,1-4H3/t12-,13-,14+,15-,16+,17-,18+,19-,20+/m1/s1. The van der Waals surface area contributed by atoms with Crippen LogP contribution in [0.1, 0.15) is 27.7 Å². The third-order valence-electron chi connectivity index (χ3n) is 5.00. The Bertz CT molecular complexity index is 799. The van der Waals surface area contributed by atoms with Crippen molar-refractivity contribution in [2.24, 2.45) is 0 Å². The molecule has 0 aliphatic carbocycles. The van der Waals surface area contributed by atoms with Gasteiger partial charge < -0.3 is 33.2 Å². The molecule has 200 valence electrons. The minimum atomic E-state index is -1.91. The van der Waals surface area contributed by atoms with E-state index in [4.69, 9.17) is 79.6 Å². The van der Waals surface area contributed by atoms with Crippen LogP contribution in [0.25, 0.3) is 0 Å². The lowest BCUT2D eigenvalue weighted by Gasteiger charge is -2.45. The fraction of sp³-hybridized carbons (Fsp3) is 0.800. The number of hydrogen-bond donors (Lipinski definition) is 0. The van der Waals surface area contributed by atoms with Crippen LogP contribution in [0.2, 0.25) is 0 Å². The van der Waals surface area contributed by atoms with Gasteiger partial charge in [-0.3, -0.25) is 19.2 Å². The molecule has 0 aromatic carbocycles. The summed E-state index contributed by atoms with van der Waals surface area (Å²) in [6, 6.07) is 0. The van der Waals surface area contributed by atoms with Gasteiger partial charge in [0, 0.05) is 27.7 Å². The van der Waals surface area contributed by atoms with E-state index in [1.165, 1.54) is 6.92 Å². The van der Waals surface area contributed by atoms with Gasteiger partial charge in [-0.05, 0) is 0 Å². The van der Waals surface area contributed by atoms with Crippen molar-refractivity contribution in [2.45, 2.75) is 81.0 Å². The Morgan fingerprint density at radius 2 is 1.37 bits per heavy atom. The molecule has 2 fully saturated rings. The van der Waals surface area contributed by atoms with Gasteiger partial charge in [-0.1, -0.05) is 0 Å². The molecule has 35 heavy (non-hydrogen) atoms. The molecule has 15 heteroatoms. The van der Waals surface area contributed by atoms with Crippen LogP contribution in [0.3, 0.4) is 0 Å². The lowest BCUT2D eigenvalue weighted by Crippen LogP contribution is -2.63. The molecule has 0 aromatic rings. The lowest BCUT2D eigenvalue weighted by atomic mass is 10.0. The molecule has 2 saturated heterocycles. The predicted octanol–water partition coefficient (Wildman–Crippen LogP) is 1.87. The van der Waals surface area contributed by atoms with E-state index >= 15 is 0 Å². The van der Waals surface area contributed by atoms with Crippen LogP contribution in [0.4, 0.5) is 0 Å². The molecule has 0 bridgehead atoms. The Labute approximate surface area is 221 Å². The third kappa shape index (κ3) is 7.47. The normalized spacial score (nSPS) is 36.8. The summed E-state index contributed by atoms with van der Waals surface area (Å²) in [4.78, 5) is 46.8. The summed E-state index contributed by atoms with van der Waals surface area (Å²) < 4.78 is 38.8. The molecular formula is C20H26Cl4O11. The van der Waals surface area contributed by atoms with Crippen molar-refractivity contribution in [2.75, 3.05) is 18.4 Å². The van der Waals surface area contributed by atoms with E-state index < -0.39 is 83.1 Å². The van der Waals surface area contributed by atoms with E-state index in [1.54, 1.807) is 0 Å². The predicted molar refractivity (Wildman–Crippen MR) is 121 cm³/mol. The van der Waals surface area contributed by atoms with Crippen LogP contribution in [-0.4, -0.2) is 95.6 Å². The molecule has 0 saturated carbocycles. The lowest BCUT2D eigenvalue weighted by molar-refractivity contribution is -0.358. The first kappa shape index (κ1) is 30.1. The molecule has 0 spiro atoms. The molecule has 0 radical (unpaired) electrons. The van der Waals surface area contributed by atoms with Crippen LogP contribution in [0.5, 0.6) is 0 Å². The van der Waals surface area contributed by atoms with Crippen molar-refractivity contribution in [3.8, 4) is 0 Å². The molecule has 11 nitrogen and oxygen atoms in total. The molecule has 2 aliphatic heterocycles. The number of alkyl halides is 4. The van der Waals surface area contributed by atoms with Crippen LogP contribution in [0, 0.1) is 0 Å². The quantitative estimate of drug-likeness (QED) is 0.224. The maximum Gasteiger partial charge on any atom is 0.303 e. The Morgan fingerprint density at radius 1 is 0.800 bits per heavy atom. The highest BCUT2D eigenvalue weighted by Gasteiger charge is 2.61. The van der Waals surface area contributed by atoms with Gasteiger partial charge in [0.1, 0.15) is 23.5 Å². The summed E-state index contributed by atoms with van der Waals surface area (Å²) in [5, 5.41) is -2.09. The van der Waals surface area contributed by atoms with Gasteiger partial charge in [-0.2, -0.15) is 0 Å². The summed E-state index contributed by atoms with van der Waals surface area (Å²) in [6.45, 7) is 4.22. The van der Waals surface area contributed by atoms with Gasteiger partial charge in [-0.15, -0.1) is 46.4 Å². The third-order valence-corrected chi connectivity index (χ3v) is 6.72. The van der Waals surface area contributed by atoms with E-state index in [0.717, 1.165) is 20.8 Å². The smallest absolute Gasteiger partial charge is 0.303 e. The van der Waals surface area contributed by atoms with E-state index in [0.29, 0.717) is 0 Å². The summed E-state index contributed by atoms with van der Waals surface area (Å²) in [7, 11) is 0. The maximum absolute atomic E-state index is 11.9. The number of hydrogen-bond acceptors (Lipinski definition) is 11. The molecule has 0 amide bonds. The SMILES string of the molecule is CC(=O)OC[C@H]1O[C@H](O[C@]2(CCl)O[C@H](CCl)[C@@H](Cl)[C@@H]2OC(C)=O)[C@H](OC(C)=O)[C@@H](OC(C)=O)[C@H]1Cl. The Kier molecular flexibility index (Phi) is 11.1. The number of halogens is 4. The van der Waals surface area contributed by atoms with Crippen molar-refractivity contribution < 1.29 is 52.3 Å². The number of rotatable bonds is 9. The highest BCUT2D eigenvalue weighted by Crippen LogP contribution is 2.42. The largest absolute Gasteiger partial charge is 0.463 e. The highest BCUT2D eigenvalue weighted by atomic mass is 35.5. The van der Waals surface area contributed by atoms with E-state index in [1.807, 2.05) is 0 Å². The Balaban J connectivity index is 2.48. The monoisotopic (exact) mass is 582 g/mol. The number of carbonyl (C=O) groups excluding carboxylic acids is 4. The van der Waals surface area contributed by atoms with Gasteiger partial charge in [0.2, 0.25) is 12.1 Å². The minimum Gasteiger partial charge on any atom is -0.463 e. The van der Waals surface area contributed by atoms with Crippen molar-refractivity contribution in [3.05, 3.63) is 0 Å². The highest BCUT2D eigenvalue weighted by molar-refractivity contribution is 6.24. The fourth-order valence-electron chi connectivity index (χ4n) is 3.64. The van der Waals surface area contributed by atoms with E-state index in [9.17, 15) is 19.2 Å². The van der Waals surface area contributed by atoms with Gasteiger partial charge in [0.25, 0.3) is 0 Å². The average molecular weight is 584 g/mol. The van der Waals surface area contributed by atoms with Gasteiger partial charge >= 0.3 is 23.9 Å². The topological polar surface area (TPSA) is 133 Å². The molecule has 0 N–H and O–H groups in total. The first-order valence-electron chi connectivity index (χ1n) is 10.4. The minimum absolute atomic E-state index is 0.0955. The van der Waals surface area contributed by atoms with E-state index in [2.05, 4.69) is 0 Å². The van der Waals surface area contributed by atoms with Gasteiger partial charge in [0.05, 0.1) is 17.9 Å². The maximum atomic E-state index is 11.9. The van der Waals surface area contributed by atoms with Crippen LogP contribution >= 0.6 is 46.4 Å². The molecule has 0 unspecified atom stereocenters. The average Bonchev–Trinajstić information content (AvgIpc) is 3.02. The van der Waals surface area contributed by atoms with Crippen molar-refractivity contribution in [1.29, 1.82) is 0 Å². The van der Waals surface area contributed by atoms with Crippen LogP contribution in [-0.2, 0) is 52.3 Å². The summed E-state index contributed by atoms with van der Waals surface area (Å²) in [6.07, 6.45) is -7.45. The summed E-state index contributed by atoms with van der Waals surface area (Å²) in [5.74, 6) is -5.27. The van der Waals surface area contributed by atoms with Crippen molar-refractivity contribution >= 4 is 70.3 Å². The molecule has 9 atom stereocenters. The zero-order valence-electron chi connectivity index (χ0n) is 19.2. The molecule has 2 heterocycles.